The number of nitrogens with zero attached hydrogens (tertiary/aromatic N) is 1. The van der Waals surface area contributed by atoms with Crippen molar-refractivity contribution in [3.8, 4) is 0 Å². The monoisotopic (exact) mass is 412 g/mol. The Morgan fingerprint density at radius 2 is 2.03 bits per heavy atom. The predicted octanol–water partition coefficient (Wildman–Crippen LogP) is 3.73. The Morgan fingerprint density at radius 3 is 2.67 bits per heavy atom. The minimum Gasteiger partial charge on any atom is -0.393 e. The normalized spacial score (nSPS) is 21.6. The van der Waals surface area contributed by atoms with Gasteiger partial charge in [-0.2, -0.15) is 0 Å². The number of hydrogen-bond acceptors (Lipinski definition) is 4. The number of aromatic nitrogens is 1. The van der Waals surface area contributed by atoms with Crippen LogP contribution >= 0.6 is 0 Å². The highest BCUT2D eigenvalue weighted by Crippen LogP contribution is 2.48. The highest BCUT2D eigenvalue weighted by atomic mass is 16.5. The number of methoxy groups -OCH3 is 1. The summed E-state index contributed by atoms with van der Waals surface area (Å²) in [5, 5.41) is 11.1. The van der Waals surface area contributed by atoms with Gasteiger partial charge in [0.25, 0.3) is 0 Å². The average Bonchev–Trinajstić information content (AvgIpc) is 3.13. The molecule has 4 rings (SSSR count). The molecule has 2 unspecified atom stereocenters. The molecule has 0 spiro atoms. The van der Waals surface area contributed by atoms with Crippen molar-refractivity contribution in [2.45, 2.75) is 64.4 Å². The Kier molecular flexibility index (Phi) is 5.49. The molecule has 2 heterocycles. The summed E-state index contributed by atoms with van der Waals surface area (Å²) in [6.45, 7) is 6.82. The lowest BCUT2D eigenvalue weighted by atomic mass is 9.76. The Bertz CT molecular complexity index is 987. The summed E-state index contributed by atoms with van der Waals surface area (Å²) < 4.78 is 5.26. The Hall–Kier alpha value is -2.18. The van der Waals surface area contributed by atoms with Gasteiger partial charge in [0.15, 0.2) is 5.78 Å². The van der Waals surface area contributed by atoms with Crippen molar-refractivity contribution in [2.24, 2.45) is 5.92 Å². The van der Waals surface area contributed by atoms with Crippen LogP contribution in [-0.2, 0) is 21.4 Å². The molecule has 1 aliphatic heterocycles. The number of carbonyl (C=O) groups is 2. The van der Waals surface area contributed by atoms with E-state index in [1.807, 2.05) is 4.90 Å². The van der Waals surface area contributed by atoms with Gasteiger partial charge < -0.3 is 19.7 Å². The van der Waals surface area contributed by atoms with Gasteiger partial charge in [-0.15, -0.1) is 0 Å². The lowest BCUT2D eigenvalue weighted by Crippen LogP contribution is -2.40. The number of benzene rings is 1. The minimum absolute atomic E-state index is 0.00146. The molecular weight excluding hydrogens is 380 g/mol. The summed E-state index contributed by atoms with van der Waals surface area (Å²) in [6, 6.07) is 4.18. The van der Waals surface area contributed by atoms with E-state index in [2.05, 4.69) is 31.0 Å². The number of amides is 1. The standard InChI is InChI=1S/C24H32N2O4/c1-5-24(6-2)18-13-19-17(12-20(18)26(23(24)29)10-11-30-4)16-9-7-8-15(14(3)27)22(28)21(16)25-19/h12-15,25,27H,5-11H2,1-4H3. The molecule has 6 nitrogen and oxygen atoms in total. The number of rotatable bonds is 6. The average molecular weight is 413 g/mol. The van der Waals surface area contributed by atoms with Crippen LogP contribution in [-0.4, -0.2) is 48.1 Å². The van der Waals surface area contributed by atoms with Gasteiger partial charge in [-0.25, -0.2) is 0 Å². The molecule has 0 fully saturated rings. The molecule has 2 N–H and O–H groups in total. The van der Waals surface area contributed by atoms with Crippen LogP contribution in [0.5, 0.6) is 0 Å². The van der Waals surface area contributed by atoms with Crippen LogP contribution in [0.3, 0.4) is 0 Å². The maximum Gasteiger partial charge on any atom is 0.237 e. The fraction of sp³-hybridized carbons (Fsp3) is 0.583. The first-order valence-electron chi connectivity index (χ1n) is 11.1. The smallest absolute Gasteiger partial charge is 0.237 e. The summed E-state index contributed by atoms with van der Waals surface area (Å²) in [5.41, 5.74) is 4.00. The number of H-pyrrole nitrogens is 1. The molecule has 1 aromatic carbocycles. The highest BCUT2D eigenvalue weighted by Gasteiger charge is 2.48. The third-order valence-corrected chi connectivity index (χ3v) is 7.32. The number of aliphatic hydroxyl groups excluding tert-OH is 1. The first-order valence-corrected chi connectivity index (χ1v) is 11.1. The van der Waals surface area contributed by atoms with Crippen LogP contribution in [0.15, 0.2) is 12.1 Å². The fourth-order valence-electron chi connectivity index (χ4n) is 5.46. The van der Waals surface area contributed by atoms with E-state index in [0.717, 1.165) is 53.4 Å². The Labute approximate surface area is 177 Å². The molecule has 0 saturated heterocycles. The van der Waals surface area contributed by atoms with Crippen LogP contribution in [0.25, 0.3) is 10.9 Å². The SMILES string of the molecule is CCC1(CC)C(=O)N(CCOC)c2cc3c4c([nH]c3cc21)C(=O)C(C(C)O)CCC4. The number of ketones is 1. The zero-order valence-electron chi connectivity index (χ0n) is 18.4. The van der Waals surface area contributed by atoms with Crippen LogP contribution in [0.4, 0.5) is 5.69 Å². The van der Waals surface area contributed by atoms with Gasteiger partial charge in [-0.3, -0.25) is 9.59 Å². The second-order valence-corrected chi connectivity index (χ2v) is 8.74. The first kappa shape index (κ1) is 21.1. The van der Waals surface area contributed by atoms with E-state index < -0.39 is 11.5 Å². The largest absolute Gasteiger partial charge is 0.393 e. The zero-order chi connectivity index (χ0) is 21.6. The summed E-state index contributed by atoms with van der Waals surface area (Å²) in [4.78, 5) is 31.8. The van der Waals surface area contributed by atoms with Crippen LogP contribution in [0, 0.1) is 5.92 Å². The predicted molar refractivity (Wildman–Crippen MR) is 117 cm³/mol. The van der Waals surface area contributed by atoms with E-state index in [1.165, 1.54) is 0 Å². The number of hydrogen-bond donors (Lipinski definition) is 2. The summed E-state index contributed by atoms with van der Waals surface area (Å²) in [7, 11) is 1.65. The van der Waals surface area contributed by atoms with Gasteiger partial charge >= 0.3 is 0 Å². The molecular formula is C24H32N2O4. The molecule has 2 aliphatic rings. The number of nitrogens with one attached hydrogen (secondary N) is 1. The molecule has 1 aromatic heterocycles. The lowest BCUT2D eigenvalue weighted by Gasteiger charge is -2.26. The molecule has 0 saturated carbocycles. The number of aryl methyl sites for hydroxylation is 1. The van der Waals surface area contributed by atoms with Crippen molar-refractivity contribution in [3.05, 3.63) is 29.0 Å². The van der Waals surface area contributed by atoms with Gasteiger partial charge in [0.1, 0.15) is 0 Å². The third-order valence-electron chi connectivity index (χ3n) is 7.32. The fourth-order valence-corrected chi connectivity index (χ4v) is 5.46. The molecule has 1 aliphatic carbocycles. The maximum atomic E-state index is 13.4. The summed E-state index contributed by atoms with van der Waals surface area (Å²) >= 11 is 0. The molecule has 2 aromatic rings. The van der Waals surface area contributed by atoms with Crippen LogP contribution in [0.1, 0.15) is 68.1 Å². The van der Waals surface area contributed by atoms with E-state index in [4.69, 9.17) is 4.74 Å². The van der Waals surface area contributed by atoms with E-state index in [9.17, 15) is 14.7 Å². The van der Waals surface area contributed by atoms with Crippen molar-refractivity contribution < 1.29 is 19.4 Å². The zero-order valence-corrected chi connectivity index (χ0v) is 18.4. The van der Waals surface area contributed by atoms with E-state index in [-0.39, 0.29) is 17.6 Å². The topological polar surface area (TPSA) is 82.6 Å². The number of aliphatic hydroxyl groups is 1. The Morgan fingerprint density at radius 1 is 1.30 bits per heavy atom. The van der Waals surface area contributed by atoms with Gasteiger partial charge in [0.05, 0.1) is 23.8 Å². The first-order chi connectivity index (χ1) is 14.4. The molecule has 6 heteroatoms. The highest BCUT2D eigenvalue weighted by molar-refractivity contribution is 6.12. The number of fused-ring (bicyclic) bond motifs is 4. The van der Waals surface area contributed by atoms with E-state index >= 15 is 0 Å². The number of aromatic amines is 1. The molecule has 1 amide bonds. The van der Waals surface area contributed by atoms with Crippen LogP contribution in [0.2, 0.25) is 0 Å². The van der Waals surface area contributed by atoms with Crippen LogP contribution < -0.4 is 4.90 Å². The molecule has 30 heavy (non-hydrogen) atoms. The molecule has 0 bridgehead atoms. The van der Waals surface area contributed by atoms with Gasteiger partial charge in [-0.05, 0) is 62.3 Å². The van der Waals surface area contributed by atoms with Crippen molar-refractivity contribution in [1.29, 1.82) is 0 Å². The molecule has 0 radical (unpaired) electrons. The van der Waals surface area contributed by atoms with Crippen molar-refractivity contribution in [2.75, 3.05) is 25.2 Å². The van der Waals surface area contributed by atoms with Gasteiger partial charge in [-0.1, -0.05) is 13.8 Å². The number of anilines is 1. The number of ether oxygens (including phenoxy) is 1. The van der Waals surface area contributed by atoms with Crippen molar-refractivity contribution in [3.63, 3.8) is 0 Å². The van der Waals surface area contributed by atoms with E-state index in [1.54, 1.807) is 14.0 Å². The summed E-state index contributed by atoms with van der Waals surface area (Å²) in [6.07, 6.45) is 3.15. The minimum atomic E-state index is -0.658. The molecule has 162 valence electrons. The van der Waals surface area contributed by atoms with Crippen molar-refractivity contribution >= 4 is 28.3 Å². The Balaban J connectivity index is 1.91. The second-order valence-electron chi connectivity index (χ2n) is 8.74. The van der Waals surface area contributed by atoms with E-state index in [0.29, 0.717) is 25.3 Å². The summed E-state index contributed by atoms with van der Waals surface area (Å²) in [5.74, 6) is -0.224. The lowest BCUT2D eigenvalue weighted by molar-refractivity contribution is -0.123. The molecule has 2 atom stereocenters. The number of Topliss-reactive ketones (excluding diaryl/α,β-unsaturated/α-hetero) is 1. The quantitative estimate of drug-likeness (QED) is 0.708. The van der Waals surface area contributed by atoms with Gasteiger partial charge in [0.2, 0.25) is 5.91 Å². The van der Waals surface area contributed by atoms with Gasteiger partial charge in [0, 0.05) is 36.2 Å². The number of carbonyl (C=O) groups excluding carboxylic acids is 2. The maximum absolute atomic E-state index is 13.4. The van der Waals surface area contributed by atoms with Crippen molar-refractivity contribution in [1.82, 2.24) is 4.98 Å². The second kappa shape index (κ2) is 7.82. The third kappa shape index (κ3) is 2.92.